The first-order valence-electron chi connectivity index (χ1n) is 10.9. The number of amides is 1. The molecule has 2 aliphatic rings. The Kier molecular flexibility index (Phi) is 5.73. The summed E-state index contributed by atoms with van der Waals surface area (Å²) >= 11 is 0. The van der Waals surface area contributed by atoms with Gasteiger partial charge in [-0.3, -0.25) is 14.7 Å². The highest BCUT2D eigenvalue weighted by molar-refractivity contribution is 7.91. The van der Waals surface area contributed by atoms with Crippen LogP contribution in [-0.4, -0.2) is 93.8 Å². The molecule has 2 atom stereocenters. The Morgan fingerprint density at radius 3 is 2.39 bits per heavy atom. The minimum atomic E-state index is -3.22. The highest BCUT2D eigenvalue weighted by Gasteiger charge is 2.41. The zero-order chi connectivity index (χ0) is 23.0. The second-order valence-corrected chi connectivity index (χ2v) is 10.6. The van der Waals surface area contributed by atoms with Crippen LogP contribution in [0.4, 0.5) is 0 Å². The van der Waals surface area contributed by atoms with E-state index >= 15 is 0 Å². The van der Waals surface area contributed by atoms with Crippen molar-refractivity contribution in [1.29, 1.82) is 0 Å². The number of pyridine rings is 1. The molecule has 33 heavy (non-hydrogen) atoms. The van der Waals surface area contributed by atoms with Crippen LogP contribution in [-0.2, 0) is 9.84 Å². The maximum Gasteiger partial charge on any atom is 0.257 e. The van der Waals surface area contributed by atoms with E-state index in [-0.39, 0.29) is 17.4 Å². The predicted molar refractivity (Wildman–Crippen MR) is 123 cm³/mol. The van der Waals surface area contributed by atoms with E-state index in [4.69, 9.17) is 0 Å². The minimum absolute atomic E-state index is 0.0306. The van der Waals surface area contributed by atoms with Crippen LogP contribution in [0.1, 0.15) is 10.4 Å². The molecular formula is C23H25N5O4S. The van der Waals surface area contributed by atoms with E-state index in [0.717, 1.165) is 11.3 Å². The van der Waals surface area contributed by atoms with E-state index in [2.05, 4.69) is 10.1 Å². The number of carbonyl (C=O) groups excluding carboxylic acids is 1. The van der Waals surface area contributed by atoms with Gasteiger partial charge >= 0.3 is 0 Å². The monoisotopic (exact) mass is 467 g/mol. The second kappa shape index (κ2) is 8.69. The summed E-state index contributed by atoms with van der Waals surface area (Å²) in [7, 11) is -3.22. The first-order chi connectivity index (χ1) is 15.9. The molecule has 1 amide bonds. The van der Waals surface area contributed by atoms with Gasteiger partial charge in [-0.05, 0) is 24.3 Å². The molecule has 1 N–H and O–H groups in total. The Morgan fingerprint density at radius 1 is 1.00 bits per heavy atom. The van der Waals surface area contributed by atoms with Crippen LogP contribution in [0.25, 0.3) is 16.9 Å². The lowest BCUT2D eigenvalue weighted by Gasteiger charge is -2.38. The Hall–Kier alpha value is -3.08. The van der Waals surface area contributed by atoms with E-state index in [9.17, 15) is 18.3 Å². The van der Waals surface area contributed by atoms with Crippen LogP contribution in [0, 0.1) is 0 Å². The molecule has 10 heteroatoms. The second-order valence-electron chi connectivity index (χ2n) is 8.45. The van der Waals surface area contributed by atoms with Gasteiger partial charge in [0.2, 0.25) is 0 Å². The van der Waals surface area contributed by atoms with Gasteiger partial charge in [-0.1, -0.05) is 18.2 Å². The van der Waals surface area contributed by atoms with Gasteiger partial charge in [0.15, 0.2) is 9.84 Å². The van der Waals surface area contributed by atoms with E-state index < -0.39 is 22.0 Å². The zero-order valence-electron chi connectivity index (χ0n) is 18.0. The van der Waals surface area contributed by atoms with Crippen molar-refractivity contribution in [3.8, 4) is 16.9 Å². The zero-order valence-corrected chi connectivity index (χ0v) is 18.8. The van der Waals surface area contributed by atoms with Gasteiger partial charge in [-0.25, -0.2) is 13.1 Å². The van der Waals surface area contributed by atoms with Gasteiger partial charge < -0.3 is 10.0 Å². The van der Waals surface area contributed by atoms with Crippen LogP contribution in [0.2, 0.25) is 0 Å². The fraction of sp³-hybridized carbons (Fsp3) is 0.348. The number of benzene rings is 1. The number of sulfone groups is 1. The topological polar surface area (TPSA) is 109 Å². The maximum absolute atomic E-state index is 13.5. The van der Waals surface area contributed by atoms with Crippen molar-refractivity contribution < 1.29 is 18.3 Å². The van der Waals surface area contributed by atoms with Crippen molar-refractivity contribution in [3.05, 3.63) is 66.6 Å². The van der Waals surface area contributed by atoms with E-state index in [0.29, 0.717) is 37.4 Å². The molecule has 0 unspecified atom stereocenters. The average Bonchev–Trinajstić information content (AvgIpc) is 3.40. The molecule has 1 aromatic carbocycles. The molecule has 172 valence electrons. The van der Waals surface area contributed by atoms with Gasteiger partial charge in [-0.15, -0.1) is 0 Å². The van der Waals surface area contributed by atoms with Crippen LogP contribution in [0.15, 0.2) is 61.1 Å². The van der Waals surface area contributed by atoms with Crippen LogP contribution in [0.5, 0.6) is 0 Å². The molecule has 2 saturated heterocycles. The Labute approximate surface area is 192 Å². The van der Waals surface area contributed by atoms with Gasteiger partial charge in [0.1, 0.15) is 5.69 Å². The van der Waals surface area contributed by atoms with Crippen LogP contribution < -0.4 is 0 Å². The number of hydrogen-bond acceptors (Lipinski definition) is 7. The molecule has 2 fully saturated rings. The summed E-state index contributed by atoms with van der Waals surface area (Å²) in [5.41, 5.74) is 2.66. The number of carbonyl (C=O) groups is 1. The summed E-state index contributed by atoms with van der Waals surface area (Å²) in [4.78, 5) is 21.4. The van der Waals surface area contributed by atoms with Gasteiger partial charge in [0.25, 0.3) is 5.91 Å². The summed E-state index contributed by atoms with van der Waals surface area (Å²) in [5.74, 6) is -0.351. The maximum atomic E-state index is 13.5. The quantitative estimate of drug-likeness (QED) is 0.606. The molecule has 0 aliphatic carbocycles. The smallest absolute Gasteiger partial charge is 0.257 e. The standard InChI is InChI=1S/C23H25N5O4S/c29-21-16-33(31,32)15-20(21)26-9-11-27(12-10-26)23(30)19-14-28(18-6-2-1-3-7-18)25-22(19)17-5-4-8-24-13-17/h1-8,13-14,20-21,29H,9-12,15-16H2/t20-,21-/m0/s1. The van der Waals surface area contributed by atoms with Crippen LogP contribution in [0.3, 0.4) is 0 Å². The lowest BCUT2D eigenvalue weighted by molar-refractivity contribution is 0.0377. The van der Waals surface area contributed by atoms with Crippen molar-refractivity contribution >= 4 is 15.7 Å². The SMILES string of the molecule is O=C(c1cn(-c2ccccc2)nc1-c1cccnc1)N1CCN([C@H]2CS(=O)(=O)C[C@@H]2O)CC1. The largest absolute Gasteiger partial charge is 0.390 e. The lowest BCUT2D eigenvalue weighted by Crippen LogP contribution is -2.54. The fourth-order valence-corrected chi connectivity index (χ4v) is 6.38. The predicted octanol–water partition coefficient (Wildman–Crippen LogP) is 0.850. The summed E-state index contributed by atoms with van der Waals surface area (Å²) < 4.78 is 25.5. The highest BCUT2D eigenvalue weighted by Crippen LogP contribution is 2.26. The van der Waals surface area contributed by atoms with Crippen molar-refractivity contribution in [1.82, 2.24) is 24.6 Å². The molecule has 0 spiro atoms. The summed E-state index contributed by atoms with van der Waals surface area (Å²) in [6.07, 6.45) is 4.24. The fourth-order valence-electron chi connectivity index (χ4n) is 4.55. The third kappa shape index (κ3) is 4.41. The number of piperazine rings is 1. The van der Waals surface area contributed by atoms with Gasteiger partial charge in [0.05, 0.1) is 34.9 Å². The molecule has 0 radical (unpaired) electrons. The van der Waals surface area contributed by atoms with E-state index in [1.807, 2.05) is 47.4 Å². The summed E-state index contributed by atoms with van der Waals surface area (Å²) in [6, 6.07) is 12.9. The number of aromatic nitrogens is 3. The minimum Gasteiger partial charge on any atom is -0.390 e. The van der Waals surface area contributed by atoms with Crippen molar-refractivity contribution in [2.24, 2.45) is 0 Å². The number of hydrogen-bond donors (Lipinski definition) is 1. The number of aliphatic hydroxyl groups is 1. The third-order valence-electron chi connectivity index (χ3n) is 6.26. The number of aliphatic hydroxyl groups excluding tert-OH is 1. The Bertz CT molecular complexity index is 1240. The molecular weight excluding hydrogens is 442 g/mol. The third-order valence-corrected chi connectivity index (χ3v) is 7.96. The summed E-state index contributed by atoms with van der Waals surface area (Å²) in [6.45, 7) is 1.92. The molecule has 5 rings (SSSR count). The molecule has 0 saturated carbocycles. The first-order valence-corrected chi connectivity index (χ1v) is 12.7. The van der Waals surface area contributed by atoms with Crippen molar-refractivity contribution in [2.45, 2.75) is 12.1 Å². The Balaban J connectivity index is 1.38. The molecule has 4 heterocycles. The highest BCUT2D eigenvalue weighted by atomic mass is 32.2. The van der Waals surface area contributed by atoms with Crippen molar-refractivity contribution in [2.75, 3.05) is 37.7 Å². The number of nitrogens with zero attached hydrogens (tertiary/aromatic N) is 5. The van der Waals surface area contributed by atoms with E-state index in [1.54, 1.807) is 28.2 Å². The molecule has 2 aromatic heterocycles. The first kappa shape index (κ1) is 21.7. The summed E-state index contributed by atoms with van der Waals surface area (Å²) in [5, 5.41) is 14.9. The normalized spacial score (nSPS) is 23.0. The lowest BCUT2D eigenvalue weighted by atomic mass is 10.1. The van der Waals surface area contributed by atoms with Crippen LogP contribution >= 0.6 is 0 Å². The molecule has 3 aromatic rings. The number of rotatable bonds is 4. The molecule has 2 aliphatic heterocycles. The van der Waals surface area contributed by atoms with Gasteiger partial charge in [-0.2, -0.15) is 5.10 Å². The molecule has 9 nitrogen and oxygen atoms in total. The van der Waals surface area contributed by atoms with Crippen molar-refractivity contribution in [3.63, 3.8) is 0 Å². The average molecular weight is 468 g/mol. The number of para-hydroxylation sites is 1. The Morgan fingerprint density at radius 2 is 1.76 bits per heavy atom. The van der Waals surface area contributed by atoms with Gasteiger partial charge in [0, 0.05) is 50.3 Å². The van der Waals surface area contributed by atoms with E-state index in [1.165, 1.54) is 0 Å². The molecule has 0 bridgehead atoms.